The summed E-state index contributed by atoms with van der Waals surface area (Å²) in [6, 6.07) is 6.17. The van der Waals surface area contributed by atoms with Gasteiger partial charge in [-0.1, -0.05) is 0 Å². The molecule has 3 rings (SSSR count). The number of benzene rings is 1. The van der Waals surface area contributed by atoms with Crippen molar-refractivity contribution in [2.45, 2.75) is 33.7 Å². The van der Waals surface area contributed by atoms with Gasteiger partial charge in [0.2, 0.25) is 0 Å². The molecule has 0 spiro atoms. The normalized spacial score (nSPS) is 11.2. The van der Waals surface area contributed by atoms with E-state index in [-0.39, 0.29) is 17.8 Å². The molecule has 0 bridgehead atoms. The molecule has 0 aliphatic heterocycles. The van der Waals surface area contributed by atoms with Gasteiger partial charge in [0.05, 0.1) is 29.8 Å². The molecule has 0 saturated heterocycles. The minimum absolute atomic E-state index is 0.0242. The lowest BCUT2D eigenvalue weighted by atomic mass is 10.1. The maximum Gasteiger partial charge on any atom is 0.257 e. The number of aromatic nitrogens is 4. The fourth-order valence-corrected chi connectivity index (χ4v) is 3.19. The number of carbonyl (C=O) groups is 1. The monoisotopic (exact) mass is 411 g/mol. The fourth-order valence-electron chi connectivity index (χ4n) is 3.19. The van der Waals surface area contributed by atoms with Crippen LogP contribution in [0.2, 0.25) is 0 Å². The fraction of sp³-hybridized carbons (Fsp3) is 0.364. The van der Waals surface area contributed by atoms with Crippen LogP contribution in [-0.2, 0) is 4.74 Å². The van der Waals surface area contributed by atoms with E-state index in [1.54, 1.807) is 41.2 Å². The van der Waals surface area contributed by atoms with Gasteiger partial charge in [-0.3, -0.25) is 4.79 Å². The Hall–Kier alpha value is -3.13. The van der Waals surface area contributed by atoms with Crippen molar-refractivity contribution in [2.24, 2.45) is 0 Å². The van der Waals surface area contributed by atoms with Gasteiger partial charge in [-0.05, 0) is 57.5 Å². The van der Waals surface area contributed by atoms with Crippen molar-refractivity contribution in [1.29, 1.82) is 0 Å². The van der Waals surface area contributed by atoms with Crippen molar-refractivity contribution in [3.8, 4) is 17.2 Å². The number of carbonyl (C=O) groups excluding carboxylic acids is 1. The van der Waals surface area contributed by atoms with Crippen LogP contribution < -0.4 is 0 Å². The second-order valence-corrected chi connectivity index (χ2v) is 7.35. The van der Waals surface area contributed by atoms with E-state index in [2.05, 4.69) is 15.1 Å². The topological polar surface area (TPSA) is 73.1 Å². The lowest BCUT2D eigenvalue weighted by Crippen LogP contribution is -2.39. The summed E-state index contributed by atoms with van der Waals surface area (Å²) in [4.78, 5) is 23.8. The van der Waals surface area contributed by atoms with Gasteiger partial charge in [0.15, 0.2) is 0 Å². The van der Waals surface area contributed by atoms with E-state index < -0.39 is 0 Å². The maximum atomic E-state index is 13.3. The summed E-state index contributed by atoms with van der Waals surface area (Å²) in [5.74, 6) is -0.0685. The van der Waals surface area contributed by atoms with E-state index in [1.165, 1.54) is 12.1 Å². The lowest BCUT2D eigenvalue weighted by molar-refractivity contribution is 0.0634. The third kappa shape index (κ3) is 4.38. The summed E-state index contributed by atoms with van der Waals surface area (Å²) in [6.07, 6.45) is 3.24. The highest BCUT2D eigenvalue weighted by Gasteiger charge is 2.24. The summed E-state index contributed by atoms with van der Waals surface area (Å²) in [6.45, 7) is 8.59. The predicted molar refractivity (Wildman–Crippen MR) is 112 cm³/mol. The van der Waals surface area contributed by atoms with Crippen molar-refractivity contribution in [1.82, 2.24) is 24.6 Å². The Bertz CT molecular complexity index is 1030. The summed E-state index contributed by atoms with van der Waals surface area (Å²) < 4.78 is 20.0. The average Bonchev–Trinajstić information content (AvgIpc) is 3.10. The SMILES string of the molecule is COCCN(C(=O)c1cnn(-c2ncc(C)c(-c3ccc(F)cc3)n2)c1C)C(C)C. The molecule has 0 fully saturated rings. The van der Waals surface area contributed by atoms with Gasteiger partial charge in [0, 0.05) is 31.5 Å². The Morgan fingerprint density at radius 2 is 1.90 bits per heavy atom. The molecule has 0 radical (unpaired) electrons. The number of hydrogen-bond donors (Lipinski definition) is 0. The molecule has 30 heavy (non-hydrogen) atoms. The molecule has 2 heterocycles. The van der Waals surface area contributed by atoms with Gasteiger partial charge in [0.1, 0.15) is 5.82 Å². The molecule has 0 unspecified atom stereocenters. The van der Waals surface area contributed by atoms with Crippen LogP contribution in [0.5, 0.6) is 0 Å². The van der Waals surface area contributed by atoms with E-state index in [4.69, 9.17) is 4.74 Å². The van der Waals surface area contributed by atoms with Crippen LogP contribution in [-0.4, -0.2) is 56.9 Å². The number of methoxy groups -OCH3 is 1. The first kappa shape index (κ1) is 21.6. The smallest absolute Gasteiger partial charge is 0.257 e. The second-order valence-electron chi connectivity index (χ2n) is 7.35. The van der Waals surface area contributed by atoms with Crippen LogP contribution >= 0.6 is 0 Å². The van der Waals surface area contributed by atoms with Gasteiger partial charge >= 0.3 is 0 Å². The van der Waals surface area contributed by atoms with E-state index >= 15 is 0 Å². The van der Waals surface area contributed by atoms with Crippen molar-refractivity contribution in [2.75, 3.05) is 20.3 Å². The van der Waals surface area contributed by atoms with Gasteiger partial charge in [-0.2, -0.15) is 5.10 Å². The largest absolute Gasteiger partial charge is 0.383 e. The minimum Gasteiger partial charge on any atom is -0.383 e. The number of amides is 1. The number of hydrogen-bond acceptors (Lipinski definition) is 5. The highest BCUT2D eigenvalue weighted by atomic mass is 19.1. The molecule has 0 N–H and O–H groups in total. The molecule has 1 amide bonds. The first-order chi connectivity index (χ1) is 14.3. The number of nitrogens with zero attached hydrogens (tertiary/aromatic N) is 5. The zero-order chi connectivity index (χ0) is 21.8. The highest BCUT2D eigenvalue weighted by molar-refractivity contribution is 5.95. The Morgan fingerprint density at radius 3 is 2.53 bits per heavy atom. The average molecular weight is 411 g/mol. The van der Waals surface area contributed by atoms with Gasteiger partial charge < -0.3 is 9.64 Å². The number of ether oxygens (including phenoxy) is 1. The Kier molecular flexibility index (Phi) is 6.56. The summed E-state index contributed by atoms with van der Waals surface area (Å²) in [7, 11) is 1.61. The van der Waals surface area contributed by atoms with Crippen molar-refractivity contribution >= 4 is 5.91 Å². The standard InChI is InChI=1S/C22H26FN5O2/c1-14(2)27(10-11-30-5)21(29)19-13-25-28(16(19)4)22-24-12-15(3)20(26-22)17-6-8-18(23)9-7-17/h6-9,12-14H,10-11H2,1-5H3. The molecule has 0 aliphatic rings. The highest BCUT2D eigenvalue weighted by Crippen LogP contribution is 2.23. The molecular weight excluding hydrogens is 385 g/mol. The minimum atomic E-state index is -0.306. The van der Waals surface area contributed by atoms with E-state index in [9.17, 15) is 9.18 Å². The van der Waals surface area contributed by atoms with Gasteiger partial charge in [-0.25, -0.2) is 19.0 Å². The molecular formula is C22H26FN5O2. The molecule has 2 aromatic heterocycles. The molecule has 158 valence electrons. The Balaban J connectivity index is 1.96. The van der Waals surface area contributed by atoms with Gasteiger partial charge in [0.25, 0.3) is 11.9 Å². The van der Waals surface area contributed by atoms with E-state index in [0.717, 1.165) is 11.1 Å². The van der Waals surface area contributed by atoms with Crippen molar-refractivity contribution in [3.05, 3.63) is 59.3 Å². The molecule has 0 aliphatic carbocycles. The zero-order valence-corrected chi connectivity index (χ0v) is 17.9. The molecule has 3 aromatic rings. The summed E-state index contributed by atoms with van der Waals surface area (Å²) >= 11 is 0. The number of halogens is 1. The summed E-state index contributed by atoms with van der Waals surface area (Å²) in [5, 5.41) is 4.36. The van der Waals surface area contributed by atoms with Crippen LogP contribution in [0.1, 0.15) is 35.5 Å². The quantitative estimate of drug-likeness (QED) is 0.594. The number of aryl methyl sites for hydroxylation is 1. The first-order valence-electron chi connectivity index (χ1n) is 9.78. The molecule has 7 nitrogen and oxygen atoms in total. The third-order valence-electron chi connectivity index (χ3n) is 4.93. The van der Waals surface area contributed by atoms with Crippen LogP contribution in [0.4, 0.5) is 4.39 Å². The first-order valence-corrected chi connectivity index (χ1v) is 9.78. The lowest BCUT2D eigenvalue weighted by Gasteiger charge is -2.26. The van der Waals surface area contributed by atoms with Gasteiger partial charge in [-0.15, -0.1) is 0 Å². The van der Waals surface area contributed by atoms with Crippen molar-refractivity contribution < 1.29 is 13.9 Å². The van der Waals surface area contributed by atoms with Crippen LogP contribution in [0.25, 0.3) is 17.2 Å². The zero-order valence-electron chi connectivity index (χ0n) is 17.9. The molecule has 0 atom stereocenters. The third-order valence-corrected chi connectivity index (χ3v) is 4.93. The Labute approximate surface area is 175 Å². The van der Waals surface area contributed by atoms with Crippen LogP contribution in [0.3, 0.4) is 0 Å². The number of rotatable bonds is 7. The van der Waals surface area contributed by atoms with E-state index in [0.29, 0.717) is 36.1 Å². The maximum absolute atomic E-state index is 13.3. The predicted octanol–water partition coefficient (Wildman–Crippen LogP) is 3.58. The second kappa shape index (κ2) is 9.13. The molecule has 0 saturated carbocycles. The molecule has 1 aromatic carbocycles. The van der Waals surface area contributed by atoms with Crippen LogP contribution in [0.15, 0.2) is 36.7 Å². The van der Waals surface area contributed by atoms with Crippen LogP contribution in [0, 0.1) is 19.7 Å². The Morgan fingerprint density at radius 1 is 1.20 bits per heavy atom. The molecule has 8 heteroatoms. The van der Waals surface area contributed by atoms with Crippen molar-refractivity contribution in [3.63, 3.8) is 0 Å². The summed E-state index contributed by atoms with van der Waals surface area (Å²) in [5.41, 5.74) is 3.47. The van der Waals surface area contributed by atoms with E-state index in [1.807, 2.05) is 27.7 Å².